The van der Waals surface area contributed by atoms with Crippen LogP contribution in [0.4, 0.5) is 32.0 Å². The van der Waals surface area contributed by atoms with Gasteiger partial charge in [-0.2, -0.15) is 26.3 Å². The molecule has 0 radical (unpaired) electrons. The van der Waals surface area contributed by atoms with Crippen LogP contribution in [0.1, 0.15) is 29.0 Å². The average molecular weight is 480 g/mol. The van der Waals surface area contributed by atoms with Gasteiger partial charge in [-0.3, -0.25) is 4.79 Å². The Bertz CT molecular complexity index is 1040. The van der Waals surface area contributed by atoms with Crippen LogP contribution >= 0.6 is 11.6 Å². The fourth-order valence-corrected chi connectivity index (χ4v) is 4.63. The van der Waals surface area contributed by atoms with Gasteiger partial charge < -0.3 is 15.2 Å². The van der Waals surface area contributed by atoms with Gasteiger partial charge in [0, 0.05) is 18.0 Å². The van der Waals surface area contributed by atoms with E-state index in [4.69, 9.17) is 16.3 Å². The SMILES string of the molecule is O=C(Nc1ccc(Cl)c(C(F)(F)F)c1)[C@@H]1[C@@H](c2cccc(C(F)(F)F)c2)[C@H]2O[C@@H]1C[C@@H]2O. The van der Waals surface area contributed by atoms with E-state index in [2.05, 4.69) is 5.32 Å². The topological polar surface area (TPSA) is 58.6 Å². The fourth-order valence-electron chi connectivity index (χ4n) is 4.41. The van der Waals surface area contributed by atoms with Gasteiger partial charge in [0.05, 0.1) is 40.4 Å². The summed E-state index contributed by atoms with van der Waals surface area (Å²) in [4.78, 5) is 13.0. The standard InChI is InChI=1S/C21H16ClF6NO3/c22-13-5-4-11(7-12(13)21(26,27)28)29-19(31)17-15-8-14(30)18(32-15)16(17)9-2-1-3-10(6-9)20(23,24)25/h1-7,14-18,30H,8H2,(H,29,31)/t14-,15+,16+,17-,18-/m0/s1. The highest BCUT2D eigenvalue weighted by atomic mass is 35.5. The molecule has 2 aromatic carbocycles. The van der Waals surface area contributed by atoms with Crippen LogP contribution in [-0.4, -0.2) is 29.3 Å². The van der Waals surface area contributed by atoms with Crippen molar-refractivity contribution in [2.24, 2.45) is 5.92 Å². The number of aliphatic hydroxyl groups excluding tert-OH is 1. The van der Waals surface area contributed by atoms with Crippen molar-refractivity contribution < 1.29 is 41.0 Å². The van der Waals surface area contributed by atoms with E-state index in [-0.39, 0.29) is 17.7 Å². The normalized spacial score (nSPS) is 27.6. The van der Waals surface area contributed by atoms with E-state index in [0.29, 0.717) is 6.07 Å². The van der Waals surface area contributed by atoms with Crippen molar-refractivity contribution >= 4 is 23.2 Å². The molecule has 5 atom stereocenters. The van der Waals surface area contributed by atoms with Gasteiger partial charge in [-0.25, -0.2) is 0 Å². The van der Waals surface area contributed by atoms with Gasteiger partial charge >= 0.3 is 12.4 Å². The second-order valence-corrected chi connectivity index (χ2v) is 8.21. The Morgan fingerprint density at radius 2 is 1.78 bits per heavy atom. The van der Waals surface area contributed by atoms with E-state index in [1.54, 1.807) is 0 Å². The van der Waals surface area contributed by atoms with E-state index in [1.807, 2.05) is 0 Å². The van der Waals surface area contributed by atoms with Crippen LogP contribution in [0, 0.1) is 5.92 Å². The van der Waals surface area contributed by atoms with Crippen LogP contribution in [0.5, 0.6) is 0 Å². The monoisotopic (exact) mass is 479 g/mol. The van der Waals surface area contributed by atoms with Crippen molar-refractivity contribution in [2.45, 2.75) is 43.0 Å². The third-order valence-electron chi connectivity index (χ3n) is 5.77. The van der Waals surface area contributed by atoms with Gasteiger partial charge in [0.15, 0.2) is 0 Å². The molecule has 172 valence electrons. The maximum Gasteiger partial charge on any atom is 0.417 e. The first-order chi connectivity index (χ1) is 14.9. The molecular weight excluding hydrogens is 464 g/mol. The molecule has 2 aliphatic rings. The number of carbonyl (C=O) groups excluding carboxylic acids is 1. The number of rotatable bonds is 3. The number of hydrogen-bond acceptors (Lipinski definition) is 3. The van der Waals surface area contributed by atoms with Gasteiger partial charge in [0.2, 0.25) is 5.91 Å². The number of hydrogen-bond donors (Lipinski definition) is 2. The zero-order valence-corrected chi connectivity index (χ0v) is 16.8. The number of anilines is 1. The number of carbonyl (C=O) groups is 1. The van der Waals surface area contributed by atoms with Crippen molar-refractivity contribution in [2.75, 3.05) is 5.32 Å². The molecular formula is C21H16ClF6NO3. The second kappa shape index (κ2) is 7.93. The lowest BCUT2D eigenvalue weighted by molar-refractivity contribution is -0.138. The van der Waals surface area contributed by atoms with Crippen molar-refractivity contribution in [1.82, 2.24) is 0 Å². The Hall–Kier alpha value is -2.30. The zero-order valence-electron chi connectivity index (χ0n) is 16.0. The molecule has 4 rings (SSSR count). The summed E-state index contributed by atoms with van der Waals surface area (Å²) in [7, 11) is 0. The molecule has 2 bridgehead atoms. The minimum absolute atomic E-state index is 0.0899. The number of amides is 1. The number of halogens is 7. The minimum atomic E-state index is -4.74. The van der Waals surface area contributed by atoms with E-state index < -0.39 is 64.6 Å². The summed E-state index contributed by atoms with van der Waals surface area (Å²) in [6.07, 6.45) is -11.9. The van der Waals surface area contributed by atoms with Crippen LogP contribution in [0.3, 0.4) is 0 Å². The highest BCUT2D eigenvalue weighted by molar-refractivity contribution is 6.31. The lowest BCUT2D eigenvalue weighted by Gasteiger charge is -2.30. The predicted octanol–water partition coefficient (Wildman–Crippen LogP) is 5.25. The summed E-state index contributed by atoms with van der Waals surface area (Å²) in [5.74, 6) is -2.63. The molecule has 2 aromatic rings. The Kier molecular flexibility index (Phi) is 5.67. The third kappa shape index (κ3) is 4.18. The van der Waals surface area contributed by atoms with E-state index in [0.717, 1.165) is 18.2 Å². The van der Waals surface area contributed by atoms with Crippen LogP contribution in [-0.2, 0) is 21.9 Å². The van der Waals surface area contributed by atoms with E-state index in [1.165, 1.54) is 18.2 Å². The maximum atomic E-state index is 13.2. The zero-order chi connectivity index (χ0) is 23.4. The second-order valence-electron chi connectivity index (χ2n) is 7.80. The first-order valence-electron chi connectivity index (χ1n) is 9.54. The van der Waals surface area contributed by atoms with Crippen LogP contribution in [0.15, 0.2) is 42.5 Å². The van der Waals surface area contributed by atoms with Crippen molar-refractivity contribution in [3.05, 3.63) is 64.2 Å². The summed E-state index contributed by atoms with van der Waals surface area (Å²) >= 11 is 5.59. The molecule has 0 aromatic heterocycles. The molecule has 2 heterocycles. The quantitative estimate of drug-likeness (QED) is 0.591. The molecule has 1 amide bonds. The minimum Gasteiger partial charge on any atom is -0.390 e. The molecule has 0 unspecified atom stereocenters. The van der Waals surface area contributed by atoms with Crippen molar-refractivity contribution in [1.29, 1.82) is 0 Å². The highest BCUT2D eigenvalue weighted by Crippen LogP contribution is 2.50. The average Bonchev–Trinajstić information content (AvgIpc) is 3.25. The molecule has 0 saturated carbocycles. The largest absolute Gasteiger partial charge is 0.417 e. The maximum absolute atomic E-state index is 13.2. The molecule has 0 aliphatic carbocycles. The Labute approximate surface area is 183 Å². The lowest BCUT2D eigenvalue weighted by Crippen LogP contribution is -2.41. The summed E-state index contributed by atoms with van der Waals surface area (Å²) in [6, 6.07) is 7.24. The fraction of sp³-hybridized carbons (Fsp3) is 0.381. The number of alkyl halides is 6. The molecule has 2 saturated heterocycles. The number of aliphatic hydroxyl groups is 1. The van der Waals surface area contributed by atoms with Crippen LogP contribution in [0.25, 0.3) is 0 Å². The summed E-state index contributed by atoms with van der Waals surface area (Å²) in [6.45, 7) is 0. The van der Waals surface area contributed by atoms with Gasteiger partial charge in [-0.1, -0.05) is 29.8 Å². The summed E-state index contributed by atoms with van der Waals surface area (Å²) in [5, 5.41) is 12.1. The first kappa shape index (κ1) is 22.9. The van der Waals surface area contributed by atoms with Gasteiger partial charge in [0.25, 0.3) is 0 Å². The molecule has 2 aliphatic heterocycles. The molecule has 2 fully saturated rings. The van der Waals surface area contributed by atoms with Crippen LogP contribution < -0.4 is 5.32 Å². The van der Waals surface area contributed by atoms with E-state index >= 15 is 0 Å². The van der Waals surface area contributed by atoms with Gasteiger partial charge in [-0.05, 0) is 29.8 Å². The summed E-state index contributed by atoms with van der Waals surface area (Å²) in [5.41, 5.74) is -2.07. The molecule has 11 heteroatoms. The van der Waals surface area contributed by atoms with Gasteiger partial charge in [0.1, 0.15) is 0 Å². The Morgan fingerprint density at radius 1 is 1.06 bits per heavy atom. The Morgan fingerprint density at radius 3 is 2.44 bits per heavy atom. The molecule has 32 heavy (non-hydrogen) atoms. The Balaban J connectivity index is 1.65. The number of benzene rings is 2. The number of ether oxygens (including phenoxy) is 1. The van der Waals surface area contributed by atoms with Gasteiger partial charge in [-0.15, -0.1) is 0 Å². The third-order valence-corrected chi connectivity index (χ3v) is 6.10. The number of fused-ring (bicyclic) bond motifs is 2. The molecule has 0 spiro atoms. The highest BCUT2D eigenvalue weighted by Gasteiger charge is 2.57. The molecule has 2 N–H and O–H groups in total. The smallest absolute Gasteiger partial charge is 0.390 e. The first-order valence-corrected chi connectivity index (χ1v) is 9.92. The molecule has 4 nitrogen and oxygen atoms in total. The van der Waals surface area contributed by atoms with Crippen LogP contribution in [0.2, 0.25) is 5.02 Å². The lowest BCUT2D eigenvalue weighted by atomic mass is 9.73. The number of nitrogens with one attached hydrogen (secondary N) is 1. The summed E-state index contributed by atoms with van der Waals surface area (Å²) < 4.78 is 84.5. The van der Waals surface area contributed by atoms with Crippen molar-refractivity contribution in [3.63, 3.8) is 0 Å². The predicted molar refractivity (Wildman–Crippen MR) is 102 cm³/mol. The van der Waals surface area contributed by atoms with Crippen molar-refractivity contribution in [3.8, 4) is 0 Å². The van der Waals surface area contributed by atoms with E-state index in [9.17, 15) is 36.2 Å².